The van der Waals surface area contributed by atoms with E-state index in [1.807, 2.05) is 6.07 Å². The summed E-state index contributed by atoms with van der Waals surface area (Å²) in [6, 6.07) is 7.76. The van der Waals surface area contributed by atoms with Crippen LogP contribution in [0.5, 0.6) is 0 Å². The van der Waals surface area contributed by atoms with Gasteiger partial charge in [-0.3, -0.25) is 14.4 Å². The normalized spacial score (nSPS) is 16.0. The van der Waals surface area contributed by atoms with Crippen molar-refractivity contribution in [3.8, 4) is 0 Å². The summed E-state index contributed by atoms with van der Waals surface area (Å²) in [6.45, 7) is 2.27. The van der Waals surface area contributed by atoms with Gasteiger partial charge in [0.05, 0.1) is 6.54 Å². The largest absolute Gasteiger partial charge is 0.355 e. The van der Waals surface area contributed by atoms with Crippen molar-refractivity contribution >= 4 is 11.7 Å². The van der Waals surface area contributed by atoms with E-state index < -0.39 is 5.91 Å². The summed E-state index contributed by atoms with van der Waals surface area (Å²) in [5.74, 6) is -0.0123. The number of carbonyl (C=O) groups is 2. The second-order valence-electron chi connectivity index (χ2n) is 8.08. The van der Waals surface area contributed by atoms with E-state index in [0.29, 0.717) is 24.4 Å². The maximum atomic E-state index is 12.9. The van der Waals surface area contributed by atoms with E-state index in [2.05, 4.69) is 22.8 Å². The molecule has 0 radical (unpaired) electrons. The molecule has 0 saturated heterocycles. The van der Waals surface area contributed by atoms with Gasteiger partial charge in [-0.25, -0.2) is 0 Å². The molecule has 152 valence electrons. The summed E-state index contributed by atoms with van der Waals surface area (Å²) in [5, 5.41) is 5.91. The molecule has 2 aliphatic rings. The first-order valence-electron chi connectivity index (χ1n) is 10.4. The van der Waals surface area contributed by atoms with E-state index in [0.717, 1.165) is 44.3 Å². The van der Waals surface area contributed by atoms with Crippen LogP contribution in [0.4, 0.5) is 0 Å². The molecule has 4 rings (SSSR count). The lowest BCUT2D eigenvalue weighted by atomic mass is 10.00. The molecule has 1 aromatic carbocycles. The van der Waals surface area contributed by atoms with Gasteiger partial charge in [0.15, 0.2) is 5.78 Å². The molecule has 0 atom stereocenters. The number of amides is 1. The van der Waals surface area contributed by atoms with Gasteiger partial charge in [-0.15, -0.1) is 0 Å². The van der Waals surface area contributed by atoms with Crippen LogP contribution in [0, 0.1) is 5.92 Å². The van der Waals surface area contributed by atoms with Crippen molar-refractivity contribution in [3.05, 3.63) is 68.6 Å². The van der Waals surface area contributed by atoms with Gasteiger partial charge < -0.3 is 15.2 Å². The molecule has 0 unspecified atom stereocenters. The number of carbonyl (C=O) groups excluding carboxylic acids is 2. The average Bonchev–Trinajstić information content (AvgIpc) is 3.55. The first kappa shape index (κ1) is 19.6. The molecule has 0 spiro atoms. The lowest BCUT2D eigenvalue weighted by molar-refractivity contribution is 0.0961. The van der Waals surface area contributed by atoms with E-state index in [1.54, 1.807) is 6.20 Å². The molecular formula is C23H27N3O3. The molecular weight excluding hydrogens is 366 g/mol. The Morgan fingerprint density at radius 2 is 1.90 bits per heavy atom. The lowest BCUT2D eigenvalue weighted by Gasteiger charge is -2.13. The molecule has 0 bridgehead atoms. The molecule has 29 heavy (non-hydrogen) atoms. The van der Waals surface area contributed by atoms with Crippen LogP contribution in [0.25, 0.3) is 0 Å². The molecule has 1 fully saturated rings. The molecule has 6 nitrogen and oxygen atoms in total. The fourth-order valence-electron chi connectivity index (χ4n) is 3.93. The zero-order chi connectivity index (χ0) is 20.4. The highest BCUT2D eigenvalue weighted by atomic mass is 16.2. The SMILES string of the molecule is CNC(=O)c1cc(C(=O)CC2CC2)cn(Cc2ccc3c(c2)CCNCC3)c1=O. The third-order valence-electron chi connectivity index (χ3n) is 5.82. The number of aromatic nitrogens is 1. The van der Waals surface area contributed by atoms with Gasteiger partial charge in [0.1, 0.15) is 5.56 Å². The molecule has 1 amide bonds. The van der Waals surface area contributed by atoms with Crippen LogP contribution in [-0.2, 0) is 19.4 Å². The van der Waals surface area contributed by atoms with Crippen molar-refractivity contribution < 1.29 is 9.59 Å². The number of nitrogens with one attached hydrogen (secondary N) is 2. The summed E-state index contributed by atoms with van der Waals surface area (Å²) >= 11 is 0. The maximum absolute atomic E-state index is 12.9. The zero-order valence-corrected chi connectivity index (χ0v) is 16.8. The van der Waals surface area contributed by atoms with Crippen LogP contribution >= 0.6 is 0 Å². The predicted octanol–water partition coefficient (Wildman–Crippen LogP) is 1.93. The fraction of sp³-hybridized carbons (Fsp3) is 0.435. The second kappa shape index (κ2) is 8.33. The van der Waals surface area contributed by atoms with E-state index >= 15 is 0 Å². The minimum Gasteiger partial charge on any atom is -0.355 e. The molecule has 1 aliphatic carbocycles. The standard InChI is InChI=1S/C23H27N3O3/c1-24-22(28)20-12-19(21(27)11-15-2-3-15)14-26(23(20)29)13-16-4-5-17-6-8-25-9-7-18(17)10-16/h4-5,10,12,14-15,25H,2-3,6-9,11,13H2,1H3,(H,24,28). The molecule has 2 N–H and O–H groups in total. The first-order chi connectivity index (χ1) is 14.0. The van der Waals surface area contributed by atoms with E-state index in [-0.39, 0.29) is 16.9 Å². The molecule has 2 heterocycles. The Labute approximate surface area is 170 Å². The zero-order valence-electron chi connectivity index (χ0n) is 16.8. The van der Waals surface area contributed by atoms with Gasteiger partial charge in [-0.2, -0.15) is 0 Å². The number of hydrogen-bond acceptors (Lipinski definition) is 4. The van der Waals surface area contributed by atoms with Gasteiger partial charge in [0.2, 0.25) is 0 Å². The maximum Gasteiger partial charge on any atom is 0.263 e. The molecule has 1 aliphatic heterocycles. The summed E-state index contributed by atoms with van der Waals surface area (Å²) in [7, 11) is 1.49. The predicted molar refractivity (Wildman–Crippen MR) is 112 cm³/mol. The number of pyridine rings is 1. The number of benzene rings is 1. The minimum atomic E-state index is -0.460. The van der Waals surface area contributed by atoms with Crippen LogP contribution in [-0.4, -0.2) is 36.4 Å². The van der Waals surface area contributed by atoms with Crippen LogP contribution in [0.3, 0.4) is 0 Å². The van der Waals surface area contributed by atoms with Crippen LogP contribution < -0.4 is 16.2 Å². The summed E-state index contributed by atoms with van der Waals surface area (Å²) in [6.07, 6.45) is 6.22. The van der Waals surface area contributed by atoms with Crippen molar-refractivity contribution in [1.29, 1.82) is 0 Å². The number of rotatable bonds is 6. The van der Waals surface area contributed by atoms with Gasteiger partial charge in [-0.05, 0) is 67.4 Å². The van der Waals surface area contributed by atoms with Crippen molar-refractivity contribution in [2.45, 2.75) is 38.6 Å². The lowest BCUT2D eigenvalue weighted by Crippen LogP contribution is -2.32. The molecule has 2 aromatic rings. The number of nitrogens with zero attached hydrogens (tertiary/aromatic N) is 1. The number of Topliss-reactive ketones (excluding diaryl/α,β-unsaturated/α-hetero) is 1. The van der Waals surface area contributed by atoms with Crippen LogP contribution in [0.1, 0.15) is 56.7 Å². The van der Waals surface area contributed by atoms with Gasteiger partial charge in [0, 0.05) is 25.2 Å². The Kier molecular flexibility index (Phi) is 5.62. The number of hydrogen-bond donors (Lipinski definition) is 2. The second-order valence-corrected chi connectivity index (χ2v) is 8.08. The Morgan fingerprint density at radius 1 is 1.14 bits per heavy atom. The highest BCUT2D eigenvalue weighted by molar-refractivity contribution is 6.00. The number of ketones is 1. The topological polar surface area (TPSA) is 80.2 Å². The van der Waals surface area contributed by atoms with E-state index in [1.165, 1.54) is 28.8 Å². The first-order valence-corrected chi connectivity index (χ1v) is 10.4. The highest BCUT2D eigenvalue weighted by Gasteiger charge is 2.26. The fourth-order valence-corrected chi connectivity index (χ4v) is 3.93. The van der Waals surface area contributed by atoms with Crippen molar-refractivity contribution in [3.63, 3.8) is 0 Å². The van der Waals surface area contributed by atoms with E-state index in [4.69, 9.17) is 0 Å². The monoisotopic (exact) mass is 393 g/mol. The quantitative estimate of drug-likeness (QED) is 0.735. The average molecular weight is 393 g/mol. The Balaban J connectivity index is 1.68. The van der Waals surface area contributed by atoms with Crippen LogP contribution in [0.15, 0.2) is 35.3 Å². The molecule has 1 aromatic heterocycles. The Bertz CT molecular complexity index is 1000. The van der Waals surface area contributed by atoms with E-state index in [9.17, 15) is 14.4 Å². The third-order valence-corrected chi connectivity index (χ3v) is 5.82. The van der Waals surface area contributed by atoms with Gasteiger partial charge >= 0.3 is 0 Å². The smallest absolute Gasteiger partial charge is 0.263 e. The van der Waals surface area contributed by atoms with Gasteiger partial charge in [-0.1, -0.05) is 18.2 Å². The van der Waals surface area contributed by atoms with Crippen molar-refractivity contribution in [2.75, 3.05) is 20.1 Å². The number of fused-ring (bicyclic) bond motifs is 1. The Hall–Kier alpha value is -2.73. The molecule has 6 heteroatoms. The van der Waals surface area contributed by atoms with Crippen molar-refractivity contribution in [2.24, 2.45) is 5.92 Å². The minimum absolute atomic E-state index is 0.000550. The third kappa shape index (κ3) is 4.48. The highest BCUT2D eigenvalue weighted by Crippen LogP contribution is 2.33. The summed E-state index contributed by atoms with van der Waals surface area (Å²) in [4.78, 5) is 37.8. The Morgan fingerprint density at radius 3 is 2.62 bits per heavy atom. The van der Waals surface area contributed by atoms with Crippen LogP contribution in [0.2, 0.25) is 0 Å². The summed E-state index contributed by atoms with van der Waals surface area (Å²) in [5.41, 5.74) is 3.73. The summed E-state index contributed by atoms with van der Waals surface area (Å²) < 4.78 is 1.50. The van der Waals surface area contributed by atoms with Crippen molar-refractivity contribution in [1.82, 2.24) is 15.2 Å². The molecule has 1 saturated carbocycles. The van der Waals surface area contributed by atoms with Gasteiger partial charge in [0.25, 0.3) is 11.5 Å².